The molecule has 1 aliphatic rings. The molecule has 1 unspecified atom stereocenters. The third-order valence-electron chi connectivity index (χ3n) is 3.43. The van der Waals surface area contributed by atoms with Crippen molar-refractivity contribution in [3.8, 4) is 0 Å². The summed E-state index contributed by atoms with van der Waals surface area (Å²) in [6, 6.07) is 1.61. The predicted octanol–water partition coefficient (Wildman–Crippen LogP) is 3.31. The van der Waals surface area contributed by atoms with Crippen LogP contribution in [0, 0.1) is 17.6 Å². The Morgan fingerprint density at radius 2 is 1.95 bits per heavy atom. The van der Waals surface area contributed by atoms with Crippen molar-refractivity contribution < 1.29 is 18.4 Å². The Morgan fingerprint density at radius 3 is 2.60 bits per heavy atom. The van der Waals surface area contributed by atoms with Crippen molar-refractivity contribution in [2.75, 3.05) is 16.8 Å². The van der Waals surface area contributed by atoms with E-state index in [-0.39, 0.29) is 17.8 Å². The Labute approximate surface area is 124 Å². The van der Waals surface area contributed by atoms with E-state index >= 15 is 0 Å². The number of anilines is 1. The summed E-state index contributed by atoms with van der Waals surface area (Å²) in [7, 11) is 0. The number of amides is 1. The van der Waals surface area contributed by atoms with Gasteiger partial charge in [-0.3, -0.25) is 9.59 Å². The number of carbonyl (C=O) groups excluding carboxylic acids is 2. The standard InChI is InChI=1S/C14H14BrF2NO2/c1-8(2-4-15)3-5-18-12-10(13(19)14(18)20)6-9(16)7-11(12)17/h6-8H,2-5H2,1H3. The van der Waals surface area contributed by atoms with Crippen LogP contribution in [-0.4, -0.2) is 23.6 Å². The number of Topliss-reactive ketones (excluding diaryl/α,β-unsaturated/α-hetero) is 1. The van der Waals surface area contributed by atoms with E-state index in [1.165, 1.54) is 0 Å². The van der Waals surface area contributed by atoms with Crippen molar-refractivity contribution in [3.05, 3.63) is 29.3 Å². The minimum atomic E-state index is -0.868. The first kappa shape index (κ1) is 15.1. The number of hydrogen-bond acceptors (Lipinski definition) is 2. The maximum Gasteiger partial charge on any atom is 0.299 e. The van der Waals surface area contributed by atoms with Crippen LogP contribution >= 0.6 is 15.9 Å². The van der Waals surface area contributed by atoms with E-state index in [1.54, 1.807) is 0 Å². The highest BCUT2D eigenvalue weighted by atomic mass is 79.9. The molecule has 3 nitrogen and oxygen atoms in total. The summed E-state index contributed by atoms with van der Waals surface area (Å²) in [6.45, 7) is 2.28. The zero-order valence-corrected chi connectivity index (χ0v) is 12.5. The fourth-order valence-corrected chi connectivity index (χ4v) is 3.03. The smallest absolute Gasteiger partial charge is 0.299 e. The largest absolute Gasteiger partial charge is 0.302 e. The average Bonchev–Trinajstić information content (AvgIpc) is 2.61. The van der Waals surface area contributed by atoms with E-state index < -0.39 is 23.3 Å². The third-order valence-corrected chi connectivity index (χ3v) is 3.89. The van der Waals surface area contributed by atoms with Crippen molar-refractivity contribution in [3.63, 3.8) is 0 Å². The first-order chi connectivity index (χ1) is 9.45. The Kier molecular flexibility index (Phi) is 4.52. The van der Waals surface area contributed by atoms with Gasteiger partial charge in [-0.2, -0.15) is 0 Å². The number of alkyl halides is 1. The fourth-order valence-electron chi connectivity index (χ4n) is 2.25. The minimum Gasteiger partial charge on any atom is -0.302 e. The van der Waals surface area contributed by atoms with Crippen molar-refractivity contribution in [1.82, 2.24) is 0 Å². The lowest BCUT2D eigenvalue weighted by atomic mass is 10.1. The van der Waals surface area contributed by atoms with E-state index in [0.29, 0.717) is 18.4 Å². The van der Waals surface area contributed by atoms with Crippen LogP contribution in [0.3, 0.4) is 0 Å². The molecule has 1 aromatic carbocycles. The van der Waals surface area contributed by atoms with Crippen LogP contribution in [0.2, 0.25) is 0 Å². The number of hydrogen-bond donors (Lipinski definition) is 0. The lowest BCUT2D eigenvalue weighted by Gasteiger charge is -2.19. The molecule has 1 amide bonds. The second-order valence-corrected chi connectivity index (χ2v) is 5.73. The summed E-state index contributed by atoms with van der Waals surface area (Å²) in [4.78, 5) is 24.7. The minimum absolute atomic E-state index is 0.0903. The van der Waals surface area contributed by atoms with Gasteiger partial charge < -0.3 is 4.90 Å². The maximum absolute atomic E-state index is 13.8. The maximum atomic E-state index is 13.8. The van der Waals surface area contributed by atoms with E-state index in [9.17, 15) is 18.4 Å². The van der Waals surface area contributed by atoms with Crippen molar-refractivity contribution >= 4 is 33.3 Å². The number of benzene rings is 1. The van der Waals surface area contributed by atoms with Crippen LogP contribution in [0.25, 0.3) is 0 Å². The van der Waals surface area contributed by atoms with Gasteiger partial charge in [-0.15, -0.1) is 0 Å². The highest BCUT2D eigenvalue weighted by Crippen LogP contribution is 2.33. The van der Waals surface area contributed by atoms with Crippen LogP contribution in [0.1, 0.15) is 30.1 Å². The summed E-state index contributed by atoms with van der Waals surface area (Å²) < 4.78 is 27.0. The van der Waals surface area contributed by atoms with Crippen LogP contribution in [0.5, 0.6) is 0 Å². The molecule has 1 atom stereocenters. The van der Waals surface area contributed by atoms with Crippen LogP contribution < -0.4 is 4.90 Å². The summed E-state index contributed by atoms with van der Waals surface area (Å²) >= 11 is 3.33. The van der Waals surface area contributed by atoms with Gasteiger partial charge >= 0.3 is 0 Å². The Balaban J connectivity index is 2.24. The Bertz CT molecular complexity index is 562. The second kappa shape index (κ2) is 5.99. The quantitative estimate of drug-likeness (QED) is 0.606. The normalized spacial score (nSPS) is 15.7. The molecule has 0 fully saturated rings. The summed E-state index contributed by atoms with van der Waals surface area (Å²) in [5, 5.41) is 0.844. The van der Waals surface area contributed by atoms with Gasteiger partial charge in [-0.1, -0.05) is 22.9 Å². The average molecular weight is 346 g/mol. The van der Waals surface area contributed by atoms with Crippen molar-refractivity contribution in [1.29, 1.82) is 0 Å². The molecule has 1 aliphatic heterocycles. The molecule has 0 spiro atoms. The Morgan fingerprint density at radius 1 is 1.25 bits per heavy atom. The van der Waals surface area contributed by atoms with Gasteiger partial charge in [0.2, 0.25) is 0 Å². The van der Waals surface area contributed by atoms with Gasteiger partial charge in [0.15, 0.2) is 5.82 Å². The molecule has 0 radical (unpaired) electrons. The molecule has 0 aromatic heterocycles. The molecule has 0 saturated carbocycles. The Hall–Kier alpha value is -1.30. The van der Waals surface area contributed by atoms with Crippen molar-refractivity contribution in [2.24, 2.45) is 5.92 Å². The SMILES string of the molecule is CC(CCBr)CCN1C(=O)C(=O)c2cc(F)cc(F)c21. The van der Waals surface area contributed by atoms with Crippen LogP contribution in [-0.2, 0) is 4.79 Å². The van der Waals surface area contributed by atoms with Gasteiger partial charge in [0, 0.05) is 17.9 Å². The number of ketones is 1. The van der Waals surface area contributed by atoms with E-state index in [0.717, 1.165) is 22.7 Å². The highest BCUT2D eigenvalue weighted by Gasteiger charge is 2.38. The van der Waals surface area contributed by atoms with Crippen molar-refractivity contribution in [2.45, 2.75) is 19.8 Å². The monoisotopic (exact) mass is 345 g/mol. The van der Waals surface area contributed by atoms with Gasteiger partial charge in [-0.25, -0.2) is 8.78 Å². The molecular weight excluding hydrogens is 332 g/mol. The second-order valence-electron chi connectivity index (χ2n) is 4.94. The molecule has 1 heterocycles. The van der Waals surface area contributed by atoms with E-state index in [2.05, 4.69) is 15.9 Å². The van der Waals surface area contributed by atoms with Gasteiger partial charge in [-0.05, 0) is 24.8 Å². The highest BCUT2D eigenvalue weighted by molar-refractivity contribution is 9.09. The van der Waals surface area contributed by atoms with Gasteiger partial charge in [0.1, 0.15) is 5.82 Å². The summed E-state index contributed by atoms with van der Waals surface area (Å²) in [5.41, 5.74) is -0.270. The first-order valence-corrected chi connectivity index (χ1v) is 7.49. The predicted molar refractivity (Wildman–Crippen MR) is 75.2 cm³/mol. The molecule has 0 bridgehead atoms. The first-order valence-electron chi connectivity index (χ1n) is 6.37. The summed E-state index contributed by atoms with van der Waals surface area (Å²) in [5.74, 6) is -3.00. The fraction of sp³-hybridized carbons (Fsp3) is 0.429. The van der Waals surface area contributed by atoms with E-state index in [4.69, 9.17) is 0 Å². The lowest BCUT2D eigenvalue weighted by molar-refractivity contribution is -0.114. The number of fused-ring (bicyclic) bond motifs is 1. The summed E-state index contributed by atoms with van der Waals surface area (Å²) in [6.07, 6.45) is 1.58. The third kappa shape index (κ3) is 2.75. The molecule has 20 heavy (non-hydrogen) atoms. The molecule has 0 aliphatic carbocycles. The number of nitrogens with zero attached hydrogens (tertiary/aromatic N) is 1. The topological polar surface area (TPSA) is 37.4 Å². The number of carbonyl (C=O) groups is 2. The molecule has 0 saturated heterocycles. The molecule has 1 aromatic rings. The molecular formula is C14H14BrF2NO2. The van der Waals surface area contributed by atoms with Crippen LogP contribution in [0.15, 0.2) is 12.1 Å². The van der Waals surface area contributed by atoms with Crippen LogP contribution in [0.4, 0.5) is 14.5 Å². The zero-order chi connectivity index (χ0) is 14.9. The van der Waals surface area contributed by atoms with E-state index in [1.807, 2.05) is 6.92 Å². The molecule has 6 heteroatoms. The number of halogens is 3. The van der Waals surface area contributed by atoms with Gasteiger partial charge in [0.25, 0.3) is 11.7 Å². The number of rotatable bonds is 5. The zero-order valence-electron chi connectivity index (χ0n) is 11.0. The lowest BCUT2D eigenvalue weighted by Crippen LogP contribution is -2.32. The molecule has 2 rings (SSSR count). The molecule has 0 N–H and O–H groups in total. The van der Waals surface area contributed by atoms with Gasteiger partial charge in [0.05, 0.1) is 11.3 Å². The molecule has 108 valence electrons.